The van der Waals surface area contributed by atoms with E-state index < -0.39 is 0 Å². The van der Waals surface area contributed by atoms with E-state index in [0.29, 0.717) is 12.6 Å². The molecule has 1 rings (SSSR count). The smallest absolute Gasteiger partial charge is 0.261 e. The van der Waals surface area contributed by atoms with Gasteiger partial charge in [0.15, 0.2) is 0 Å². The van der Waals surface area contributed by atoms with Gasteiger partial charge in [0.25, 0.3) is 5.91 Å². The third-order valence-corrected chi connectivity index (χ3v) is 4.53. The maximum absolute atomic E-state index is 12.0. The van der Waals surface area contributed by atoms with Gasteiger partial charge in [-0.25, -0.2) is 0 Å². The zero-order valence-corrected chi connectivity index (χ0v) is 12.9. The first-order chi connectivity index (χ1) is 8.49. The second kappa shape index (κ2) is 6.90. The number of thiophene rings is 1. The fourth-order valence-corrected chi connectivity index (χ4v) is 2.94. The first-order valence-corrected chi connectivity index (χ1v) is 7.40. The average Bonchev–Trinajstić information content (AvgIpc) is 2.68. The van der Waals surface area contributed by atoms with Gasteiger partial charge in [-0.1, -0.05) is 13.8 Å². The Balaban J connectivity index is 2.51. The molecule has 18 heavy (non-hydrogen) atoms. The summed E-state index contributed by atoms with van der Waals surface area (Å²) < 4.78 is 0. The molecule has 0 aliphatic rings. The van der Waals surface area contributed by atoms with Crippen LogP contribution in [0.4, 0.5) is 0 Å². The van der Waals surface area contributed by atoms with Gasteiger partial charge in [-0.05, 0) is 45.5 Å². The molecule has 0 saturated heterocycles. The zero-order chi connectivity index (χ0) is 13.7. The van der Waals surface area contributed by atoms with Crippen molar-refractivity contribution in [2.75, 3.05) is 19.6 Å². The summed E-state index contributed by atoms with van der Waals surface area (Å²) in [5.74, 6) is 0.0511. The summed E-state index contributed by atoms with van der Waals surface area (Å²) in [4.78, 5) is 16.4. The van der Waals surface area contributed by atoms with E-state index >= 15 is 0 Å². The van der Waals surface area contributed by atoms with E-state index in [2.05, 4.69) is 37.9 Å². The van der Waals surface area contributed by atoms with E-state index in [4.69, 9.17) is 0 Å². The molecule has 1 heterocycles. The van der Waals surface area contributed by atoms with Crippen LogP contribution in [0, 0.1) is 13.8 Å². The number of likely N-dealkylation sites (N-methyl/N-ethyl adjacent to an activating group) is 1. The maximum Gasteiger partial charge on any atom is 0.261 e. The van der Waals surface area contributed by atoms with Crippen LogP contribution < -0.4 is 5.32 Å². The molecule has 0 fully saturated rings. The summed E-state index contributed by atoms with van der Waals surface area (Å²) in [5, 5.41) is 3.02. The molecule has 1 aromatic rings. The Morgan fingerprint density at radius 2 is 2.00 bits per heavy atom. The number of rotatable bonds is 6. The fraction of sp³-hybridized carbons (Fsp3) is 0.643. The minimum absolute atomic E-state index is 0.0511. The molecule has 1 unspecified atom stereocenters. The van der Waals surface area contributed by atoms with Gasteiger partial charge in [0, 0.05) is 17.5 Å². The molecule has 3 nitrogen and oxygen atoms in total. The van der Waals surface area contributed by atoms with Crippen molar-refractivity contribution in [3.8, 4) is 0 Å². The average molecular weight is 268 g/mol. The standard InChI is InChI=1S/C14H24N2OS/c1-6-16(7-2)11(4)9-15-14(17)13-8-10(3)12(5)18-13/h8,11H,6-7,9H2,1-5H3,(H,15,17). The third kappa shape index (κ3) is 3.82. The summed E-state index contributed by atoms with van der Waals surface area (Å²) in [7, 11) is 0. The Kier molecular flexibility index (Phi) is 5.82. The molecule has 102 valence electrons. The van der Waals surface area contributed by atoms with E-state index in [0.717, 1.165) is 18.0 Å². The molecule has 0 aliphatic carbocycles. The number of nitrogens with zero attached hydrogens (tertiary/aromatic N) is 1. The number of hydrogen-bond donors (Lipinski definition) is 1. The lowest BCUT2D eigenvalue weighted by atomic mass is 10.2. The summed E-state index contributed by atoms with van der Waals surface area (Å²) in [6.07, 6.45) is 0. The van der Waals surface area contributed by atoms with E-state index in [1.54, 1.807) is 11.3 Å². The van der Waals surface area contributed by atoms with Gasteiger partial charge in [-0.15, -0.1) is 11.3 Å². The van der Waals surface area contributed by atoms with Crippen molar-refractivity contribution in [2.45, 2.75) is 40.7 Å². The molecule has 0 aliphatic heterocycles. The molecule has 0 bridgehead atoms. The molecule has 1 atom stereocenters. The fourth-order valence-electron chi connectivity index (χ4n) is 1.99. The van der Waals surface area contributed by atoms with Crippen molar-refractivity contribution in [3.63, 3.8) is 0 Å². The molecule has 1 amide bonds. The van der Waals surface area contributed by atoms with Gasteiger partial charge in [0.05, 0.1) is 4.88 Å². The highest BCUT2D eigenvalue weighted by Gasteiger charge is 2.14. The second-order valence-electron chi connectivity index (χ2n) is 4.63. The van der Waals surface area contributed by atoms with Crippen molar-refractivity contribution in [1.29, 1.82) is 0 Å². The molecule has 0 aromatic carbocycles. The zero-order valence-electron chi connectivity index (χ0n) is 12.0. The van der Waals surface area contributed by atoms with Crippen molar-refractivity contribution >= 4 is 17.2 Å². The highest BCUT2D eigenvalue weighted by Crippen LogP contribution is 2.20. The van der Waals surface area contributed by atoms with Crippen LogP contribution >= 0.6 is 11.3 Å². The lowest BCUT2D eigenvalue weighted by Crippen LogP contribution is -2.41. The van der Waals surface area contributed by atoms with Gasteiger partial charge < -0.3 is 5.32 Å². The van der Waals surface area contributed by atoms with Crippen LogP contribution in [0.2, 0.25) is 0 Å². The van der Waals surface area contributed by atoms with Crippen molar-refractivity contribution in [3.05, 3.63) is 21.4 Å². The maximum atomic E-state index is 12.0. The molecule has 1 N–H and O–H groups in total. The van der Waals surface area contributed by atoms with Crippen LogP contribution in [-0.2, 0) is 0 Å². The van der Waals surface area contributed by atoms with Crippen LogP contribution in [0.1, 0.15) is 40.9 Å². The Morgan fingerprint density at radius 3 is 2.44 bits per heavy atom. The number of amides is 1. The van der Waals surface area contributed by atoms with Crippen LogP contribution in [-0.4, -0.2) is 36.5 Å². The van der Waals surface area contributed by atoms with Crippen LogP contribution in [0.25, 0.3) is 0 Å². The minimum atomic E-state index is 0.0511. The van der Waals surface area contributed by atoms with Gasteiger partial charge in [0.1, 0.15) is 0 Å². The molecular formula is C14H24N2OS. The highest BCUT2D eigenvalue weighted by molar-refractivity contribution is 7.14. The number of nitrogens with one attached hydrogen (secondary N) is 1. The summed E-state index contributed by atoms with van der Waals surface area (Å²) in [6, 6.07) is 2.35. The molecule has 0 spiro atoms. The largest absolute Gasteiger partial charge is 0.350 e. The van der Waals surface area contributed by atoms with E-state index in [1.807, 2.05) is 13.0 Å². The lowest BCUT2D eigenvalue weighted by molar-refractivity contribution is 0.0942. The second-order valence-corrected chi connectivity index (χ2v) is 5.89. The van der Waals surface area contributed by atoms with Crippen LogP contribution in [0.5, 0.6) is 0 Å². The molecule has 1 aromatic heterocycles. The normalized spacial score (nSPS) is 12.8. The van der Waals surface area contributed by atoms with E-state index in [9.17, 15) is 4.79 Å². The van der Waals surface area contributed by atoms with Gasteiger partial charge in [-0.3, -0.25) is 9.69 Å². The Labute approximate surface area is 114 Å². The Hall–Kier alpha value is -0.870. The predicted octanol–water partition coefficient (Wildman–Crippen LogP) is 2.83. The number of aryl methyl sites for hydroxylation is 2. The molecule has 4 heteroatoms. The quantitative estimate of drug-likeness (QED) is 0.860. The minimum Gasteiger partial charge on any atom is -0.350 e. The highest BCUT2D eigenvalue weighted by atomic mass is 32.1. The SMILES string of the molecule is CCN(CC)C(C)CNC(=O)c1cc(C)c(C)s1. The number of carbonyl (C=O) groups is 1. The Bertz CT molecular complexity index is 377. The van der Waals surface area contributed by atoms with E-state index in [1.165, 1.54) is 10.4 Å². The topological polar surface area (TPSA) is 32.3 Å². The molecule has 0 radical (unpaired) electrons. The molecular weight excluding hydrogens is 244 g/mol. The van der Waals surface area contributed by atoms with Gasteiger partial charge >= 0.3 is 0 Å². The first kappa shape index (κ1) is 15.2. The van der Waals surface area contributed by atoms with Crippen LogP contribution in [0.15, 0.2) is 6.07 Å². The first-order valence-electron chi connectivity index (χ1n) is 6.58. The summed E-state index contributed by atoms with van der Waals surface area (Å²) in [5.41, 5.74) is 1.20. The van der Waals surface area contributed by atoms with Crippen molar-refractivity contribution in [1.82, 2.24) is 10.2 Å². The van der Waals surface area contributed by atoms with E-state index in [-0.39, 0.29) is 5.91 Å². The monoisotopic (exact) mass is 268 g/mol. The van der Waals surface area contributed by atoms with Crippen molar-refractivity contribution in [2.24, 2.45) is 0 Å². The number of hydrogen-bond acceptors (Lipinski definition) is 3. The lowest BCUT2D eigenvalue weighted by Gasteiger charge is -2.26. The molecule has 0 saturated carbocycles. The van der Waals surface area contributed by atoms with Gasteiger partial charge in [-0.2, -0.15) is 0 Å². The predicted molar refractivity (Wildman–Crippen MR) is 78.5 cm³/mol. The van der Waals surface area contributed by atoms with Gasteiger partial charge in [0.2, 0.25) is 0 Å². The number of carbonyl (C=O) groups excluding carboxylic acids is 1. The summed E-state index contributed by atoms with van der Waals surface area (Å²) in [6.45, 7) is 13.3. The Morgan fingerprint density at radius 1 is 1.39 bits per heavy atom. The van der Waals surface area contributed by atoms with Crippen molar-refractivity contribution < 1.29 is 4.79 Å². The third-order valence-electron chi connectivity index (χ3n) is 3.38. The summed E-state index contributed by atoms with van der Waals surface area (Å²) >= 11 is 1.57. The van der Waals surface area contributed by atoms with Crippen LogP contribution in [0.3, 0.4) is 0 Å².